The Morgan fingerprint density at radius 2 is 2.37 bits per heavy atom. The number of amides is 1. The van der Waals surface area contributed by atoms with Crippen LogP contribution in [-0.2, 0) is 11.3 Å². The van der Waals surface area contributed by atoms with Crippen molar-refractivity contribution in [3.05, 3.63) is 16.9 Å². The number of alkyl halides is 2. The van der Waals surface area contributed by atoms with Gasteiger partial charge in [0.1, 0.15) is 6.54 Å². The van der Waals surface area contributed by atoms with Crippen LogP contribution in [-0.4, -0.2) is 43.7 Å². The van der Waals surface area contributed by atoms with E-state index in [9.17, 15) is 18.7 Å². The van der Waals surface area contributed by atoms with Gasteiger partial charge in [0.25, 0.3) is 12.3 Å². The highest BCUT2D eigenvalue weighted by Gasteiger charge is 2.50. The molecule has 1 aliphatic heterocycles. The van der Waals surface area contributed by atoms with Gasteiger partial charge in [-0.1, -0.05) is 0 Å². The minimum Gasteiger partial charge on any atom is -0.364 e. The minimum absolute atomic E-state index is 0.276. The SMILES string of the molecule is CC1=NN(C(=O)Cn2cc(Br)cn2)[C@](O)(C(F)F)C1. The summed E-state index contributed by atoms with van der Waals surface area (Å²) in [6.45, 7) is 1.20. The van der Waals surface area contributed by atoms with Crippen molar-refractivity contribution in [2.45, 2.75) is 32.0 Å². The van der Waals surface area contributed by atoms with Crippen LogP contribution in [0.2, 0.25) is 0 Å². The molecule has 19 heavy (non-hydrogen) atoms. The van der Waals surface area contributed by atoms with Crippen LogP contribution in [0.15, 0.2) is 22.0 Å². The molecule has 6 nitrogen and oxygen atoms in total. The normalized spacial score (nSPS) is 23.1. The molecule has 9 heteroatoms. The molecule has 1 atom stereocenters. The van der Waals surface area contributed by atoms with Crippen LogP contribution >= 0.6 is 15.9 Å². The number of aliphatic hydroxyl groups is 1. The molecule has 0 bridgehead atoms. The van der Waals surface area contributed by atoms with Gasteiger partial charge in [0.05, 0.1) is 10.7 Å². The fourth-order valence-corrected chi connectivity index (χ4v) is 2.14. The number of halogens is 3. The smallest absolute Gasteiger partial charge is 0.287 e. The Labute approximate surface area is 115 Å². The quantitative estimate of drug-likeness (QED) is 0.901. The van der Waals surface area contributed by atoms with Crippen LogP contribution in [0.4, 0.5) is 8.78 Å². The average molecular weight is 337 g/mol. The Morgan fingerprint density at radius 1 is 1.68 bits per heavy atom. The van der Waals surface area contributed by atoms with Crippen molar-refractivity contribution < 1.29 is 18.7 Å². The van der Waals surface area contributed by atoms with Gasteiger partial charge in [-0.2, -0.15) is 15.2 Å². The standard InChI is InChI=1S/C10H11BrF2N4O2/c1-6-2-10(19,9(12)13)17(15-6)8(18)5-16-4-7(11)3-14-16/h3-4,9,19H,2,5H2,1H3/t10-/m1/s1. The zero-order valence-electron chi connectivity index (χ0n) is 9.92. The Kier molecular flexibility index (Phi) is 3.68. The molecule has 0 saturated heterocycles. The van der Waals surface area contributed by atoms with E-state index < -0.39 is 18.1 Å². The van der Waals surface area contributed by atoms with Gasteiger partial charge >= 0.3 is 0 Å². The first-order chi connectivity index (χ1) is 8.83. The van der Waals surface area contributed by atoms with E-state index in [2.05, 4.69) is 26.1 Å². The number of rotatable bonds is 3. The Morgan fingerprint density at radius 3 is 2.89 bits per heavy atom. The second-order valence-corrected chi connectivity index (χ2v) is 5.17. The number of hydrogen-bond acceptors (Lipinski definition) is 4. The first-order valence-electron chi connectivity index (χ1n) is 5.38. The summed E-state index contributed by atoms with van der Waals surface area (Å²) in [5, 5.41) is 17.8. The topological polar surface area (TPSA) is 70.7 Å². The average Bonchev–Trinajstić information content (AvgIpc) is 2.83. The number of nitrogens with zero attached hydrogens (tertiary/aromatic N) is 4. The number of carbonyl (C=O) groups excluding carboxylic acids is 1. The molecule has 0 saturated carbocycles. The zero-order valence-corrected chi connectivity index (χ0v) is 11.5. The molecule has 2 heterocycles. The summed E-state index contributed by atoms with van der Waals surface area (Å²) >= 11 is 3.16. The van der Waals surface area contributed by atoms with E-state index in [1.807, 2.05) is 0 Å². The van der Waals surface area contributed by atoms with Gasteiger partial charge in [0.2, 0.25) is 5.72 Å². The lowest BCUT2D eigenvalue weighted by Crippen LogP contribution is -2.52. The summed E-state index contributed by atoms with van der Waals surface area (Å²) in [5.74, 6) is -0.754. The Balaban J connectivity index is 2.17. The van der Waals surface area contributed by atoms with Crippen molar-refractivity contribution in [1.29, 1.82) is 0 Å². The maximum atomic E-state index is 12.9. The predicted octanol–water partition coefficient (Wildman–Crippen LogP) is 1.21. The largest absolute Gasteiger partial charge is 0.364 e. The molecule has 1 aromatic heterocycles. The maximum absolute atomic E-state index is 12.9. The van der Waals surface area contributed by atoms with E-state index in [1.54, 1.807) is 0 Å². The Hall–Kier alpha value is -1.35. The summed E-state index contributed by atoms with van der Waals surface area (Å²) < 4.78 is 27.7. The van der Waals surface area contributed by atoms with Gasteiger partial charge in [-0.3, -0.25) is 9.48 Å². The van der Waals surface area contributed by atoms with Gasteiger partial charge in [-0.05, 0) is 22.9 Å². The molecule has 0 fully saturated rings. The van der Waals surface area contributed by atoms with E-state index in [4.69, 9.17) is 0 Å². The van der Waals surface area contributed by atoms with E-state index in [1.165, 1.54) is 24.0 Å². The van der Waals surface area contributed by atoms with E-state index in [0.29, 0.717) is 9.48 Å². The summed E-state index contributed by atoms with van der Waals surface area (Å²) in [6.07, 6.45) is -0.474. The van der Waals surface area contributed by atoms with Crippen LogP contribution < -0.4 is 0 Å². The summed E-state index contributed by atoms with van der Waals surface area (Å²) in [5.41, 5.74) is -2.29. The first kappa shape index (κ1) is 14.1. The lowest BCUT2D eigenvalue weighted by molar-refractivity contribution is -0.192. The number of hydrazone groups is 1. The van der Waals surface area contributed by atoms with E-state index >= 15 is 0 Å². The lowest BCUT2D eigenvalue weighted by atomic mass is 10.1. The number of aromatic nitrogens is 2. The van der Waals surface area contributed by atoms with Crippen molar-refractivity contribution in [3.63, 3.8) is 0 Å². The highest BCUT2D eigenvalue weighted by atomic mass is 79.9. The Bertz CT molecular complexity index is 533. The summed E-state index contributed by atoms with van der Waals surface area (Å²) in [7, 11) is 0. The second kappa shape index (κ2) is 4.97. The van der Waals surface area contributed by atoms with Crippen LogP contribution in [0.1, 0.15) is 13.3 Å². The van der Waals surface area contributed by atoms with Gasteiger partial charge < -0.3 is 5.11 Å². The molecule has 0 spiro atoms. The minimum atomic E-state index is -3.10. The third-order valence-electron chi connectivity index (χ3n) is 2.64. The highest BCUT2D eigenvalue weighted by Crippen LogP contribution is 2.31. The molecule has 0 radical (unpaired) electrons. The van der Waals surface area contributed by atoms with E-state index in [0.717, 1.165) is 0 Å². The third kappa shape index (κ3) is 2.66. The van der Waals surface area contributed by atoms with E-state index in [-0.39, 0.29) is 18.7 Å². The first-order valence-corrected chi connectivity index (χ1v) is 6.18. The van der Waals surface area contributed by atoms with Gasteiger partial charge in [0.15, 0.2) is 0 Å². The molecule has 1 amide bonds. The fourth-order valence-electron chi connectivity index (χ4n) is 1.82. The van der Waals surface area contributed by atoms with Crippen molar-refractivity contribution in [2.75, 3.05) is 0 Å². The molecule has 1 N–H and O–H groups in total. The van der Waals surface area contributed by atoms with Crippen molar-refractivity contribution in [3.8, 4) is 0 Å². The monoisotopic (exact) mass is 336 g/mol. The highest BCUT2D eigenvalue weighted by molar-refractivity contribution is 9.10. The van der Waals surface area contributed by atoms with Gasteiger partial charge in [0, 0.05) is 18.3 Å². The van der Waals surface area contributed by atoms with Crippen molar-refractivity contribution in [2.24, 2.45) is 5.10 Å². The van der Waals surface area contributed by atoms with Crippen LogP contribution in [0.25, 0.3) is 0 Å². The van der Waals surface area contributed by atoms with Crippen molar-refractivity contribution in [1.82, 2.24) is 14.8 Å². The number of hydrogen-bond donors (Lipinski definition) is 1. The number of carbonyl (C=O) groups is 1. The molecule has 2 rings (SSSR count). The summed E-state index contributed by atoms with van der Waals surface area (Å²) in [6, 6.07) is 0. The second-order valence-electron chi connectivity index (χ2n) is 4.25. The van der Waals surface area contributed by atoms with Crippen LogP contribution in [0.5, 0.6) is 0 Å². The zero-order chi connectivity index (χ0) is 14.2. The molecule has 1 aromatic rings. The molecule has 1 aliphatic rings. The molecule has 0 aliphatic carbocycles. The van der Waals surface area contributed by atoms with Crippen LogP contribution in [0.3, 0.4) is 0 Å². The molecular formula is C10H11BrF2N4O2. The predicted molar refractivity (Wildman–Crippen MR) is 65.5 cm³/mol. The summed E-state index contributed by atoms with van der Waals surface area (Å²) in [4.78, 5) is 11.9. The lowest BCUT2D eigenvalue weighted by Gasteiger charge is -2.29. The maximum Gasteiger partial charge on any atom is 0.287 e. The fraction of sp³-hybridized carbons (Fsp3) is 0.500. The van der Waals surface area contributed by atoms with Gasteiger partial charge in [-0.15, -0.1) is 0 Å². The molecule has 104 valence electrons. The molecular weight excluding hydrogens is 326 g/mol. The van der Waals surface area contributed by atoms with Crippen molar-refractivity contribution >= 4 is 27.5 Å². The van der Waals surface area contributed by atoms with Gasteiger partial charge in [-0.25, -0.2) is 8.78 Å². The van der Waals surface area contributed by atoms with Crippen LogP contribution in [0, 0.1) is 0 Å². The molecule has 0 aromatic carbocycles. The third-order valence-corrected chi connectivity index (χ3v) is 3.05. The molecule has 0 unspecified atom stereocenters.